The Labute approximate surface area is 80.2 Å². The van der Waals surface area contributed by atoms with Crippen LogP contribution in [0.3, 0.4) is 0 Å². The number of allylic oxidation sites excluding steroid dienone is 2. The van der Waals surface area contributed by atoms with Crippen LogP contribution >= 0.6 is 0 Å². The van der Waals surface area contributed by atoms with Crippen LogP contribution in [-0.2, 0) is 4.79 Å². The molecule has 0 heterocycles. The normalized spacial score (nSPS) is 44.6. The molecule has 0 amide bonds. The standard InChI is InChI=1S/C12H18O/c1-8-6-10-5-3-4-9(2)12(10)11(13)7-8/h3-4,8-10,12H,5-7H2,1-2H3/t8-,9-,10-,12+/m1/s1. The van der Waals surface area contributed by atoms with Crippen LogP contribution < -0.4 is 0 Å². The third-order valence-electron chi connectivity index (χ3n) is 3.58. The third kappa shape index (κ3) is 1.56. The highest BCUT2D eigenvalue weighted by molar-refractivity contribution is 5.83. The number of carbonyl (C=O) groups is 1. The van der Waals surface area contributed by atoms with Gasteiger partial charge in [-0.3, -0.25) is 4.79 Å². The van der Waals surface area contributed by atoms with Crippen molar-refractivity contribution in [3.63, 3.8) is 0 Å². The molecule has 1 heteroatoms. The SMILES string of the molecule is C[C@H]1CC(=O)[C@@H]2[C@H](CC=C[C@H]2C)C1. The Hall–Kier alpha value is -0.590. The highest BCUT2D eigenvalue weighted by Gasteiger charge is 2.38. The van der Waals surface area contributed by atoms with Gasteiger partial charge in [-0.15, -0.1) is 0 Å². The van der Waals surface area contributed by atoms with Gasteiger partial charge in [0.2, 0.25) is 0 Å². The highest BCUT2D eigenvalue weighted by atomic mass is 16.1. The molecule has 1 saturated carbocycles. The molecule has 0 aromatic heterocycles. The molecule has 0 N–H and O–H groups in total. The van der Waals surface area contributed by atoms with E-state index in [0.717, 1.165) is 12.8 Å². The molecule has 72 valence electrons. The molecule has 0 spiro atoms. The van der Waals surface area contributed by atoms with E-state index in [9.17, 15) is 4.79 Å². The van der Waals surface area contributed by atoms with Crippen LogP contribution in [0.4, 0.5) is 0 Å². The molecular weight excluding hydrogens is 160 g/mol. The van der Waals surface area contributed by atoms with E-state index in [0.29, 0.717) is 29.5 Å². The largest absolute Gasteiger partial charge is 0.299 e. The quantitative estimate of drug-likeness (QED) is 0.521. The van der Waals surface area contributed by atoms with Crippen LogP contribution in [0, 0.1) is 23.7 Å². The van der Waals surface area contributed by atoms with Gasteiger partial charge >= 0.3 is 0 Å². The molecule has 0 bridgehead atoms. The van der Waals surface area contributed by atoms with Crippen LogP contribution in [0.25, 0.3) is 0 Å². The number of Topliss-reactive ketones (excluding diaryl/α,β-unsaturated/α-hetero) is 1. The first kappa shape index (κ1) is 8.98. The lowest BCUT2D eigenvalue weighted by Crippen LogP contribution is -2.37. The van der Waals surface area contributed by atoms with Gasteiger partial charge < -0.3 is 0 Å². The summed E-state index contributed by atoms with van der Waals surface area (Å²) in [6.45, 7) is 4.39. The maximum Gasteiger partial charge on any atom is 0.137 e. The second kappa shape index (κ2) is 3.28. The van der Waals surface area contributed by atoms with E-state index in [1.165, 1.54) is 6.42 Å². The van der Waals surface area contributed by atoms with Crippen LogP contribution in [0.5, 0.6) is 0 Å². The first-order valence-electron chi connectivity index (χ1n) is 5.38. The maximum absolute atomic E-state index is 11.8. The topological polar surface area (TPSA) is 17.1 Å². The van der Waals surface area contributed by atoms with Gasteiger partial charge in [-0.05, 0) is 30.6 Å². The smallest absolute Gasteiger partial charge is 0.137 e. The molecule has 2 aliphatic rings. The number of hydrogen-bond donors (Lipinski definition) is 0. The molecule has 2 aliphatic carbocycles. The average Bonchev–Trinajstić information content (AvgIpc) is 2.02. The fourth-order valence-corrected chi connectivity index (χ4v) is 3.04. The van der Waals surface area contributed by atoms with E-state index in [1.807, 2.05) is 0 Å². The number of hydrogen-bond acceptors (Lipinski definition) is 1. The summed E-state index contributed by atoms with van der Waals surface area (Å²) >= 11 is 0. The molecule has 0 saturated heterocycles. The Bertz CT molecular complexity index is 242. The first-order chi connectivity index (χ1) is 6.18. The van der Waals surface area contributed by atoms with Crippen molar-refractivity contribution in [2.45, 2.75) is 33.1 Å². The summed E-state index contributed by atoms with van der Waals surface area (Å²) in [6, 6.07) is 0. The summed E-state index contributed by atoms with van der Waals surface area (Å²) in [5.41, 5.74) is 0. The van der Waals surface area contributed by atoms with Crippen molar-refractivity contribution in [2.75, 3.05) is 0 Å². The van der Waals surface area contributed by atoms with Crippen molar-refractivity contribution < 1.29 is 4.79 Å². The van der Waals surface area contributed by atoms with Gasteiger partial charge in [0.1, 0.15) is 5.78 Å². The Morgan fingerprint density at radius 1 is 1.38 bits per heavy atom. The molecule has 0 aliphatic heterocycles. The van der Waals surface area contributed by atoms with Gasteiger partial charge in [0.15, 0.2) is 0 Å². The van der Waals surface area contributed by atoms with Gasteiger partial charge in [-0.1, -0.05) is 26.0 Å². The van der Waals surface area contributed by atoms with Crippen molar-refractivity contribution in [3.05, 3.63) is 12.2 Å². The Morgan fingerprint density at radius 3 is 2.92 bits per heavy atom. The molecule has 0 aromatic carbocycles. The lowest BCUT2D eigenvalue weighted by molar-refractivity contribution is -0.129. The number of ketones is 1. The van der Waals surface area contributed by atoms with Crippen LogP contribution in [0.15, 0.2) is 12.2 Å². The molecule has 1 fully saturated rings. The summed E-state index contributed by atoms with van der Waals surface area (Å²) < 4.78 is 0. The highest BCUT2D eigenvalue weighted by Crippen LogP contribution is 2.40. The van der Waals surface area contributed by atoms with E-state index in [1.54, 1.807) is 0 Å². The summed E-state index contributed by atoms with van der Waals surface area (Å²) in [4.78, 5) is 11.8. The Morgan fingerprint density at radius 2 is 2.15 bits per heavy atom. The van der Waals surface area contributed by atoms with Gasteiger partial charge in [0.05, 0.1) is 0 Å². The zero-order chi connectivity index (χ0) is 9.42. The zero-order valence-electron chi connectivity index (χ0n) is 8.49. The molecule has 1 nitrogen and oxygen atoms in total. The average molecular weight is 178 g/mol. The van der Waals surface area contributed by atoms with Crippen molar-refractivity contribution in [1.29, 1.82) is 0 Å². The van der Waals surface area contributed by atoms with Gasteiger partial charge in [-0.25, -0.2) is 0 Å². The van der Waals surface area contributed by atoms with Gasteiger partial charge in [-0.2, -0.15) is 0 Å². The molecule has 0 radical (unpaired) electrons. The first-order valence-corrected chi connectivity index (χ1v) is 5.38. The summed E-state index contributed by atoms with van der Waals surface area (Å²) in [5.74, 6) is 2.62. The molecule has 2 rings (SSSR count). The summed E-state index contributed by atoms with van der Waals surface area (Å²) in [7, 11) is 0. The van der Waals surface area contributed by atoms with Crippen LogP contribution in [0.1, 0.15) is 33.1 Å². The van der Waals surface area contributed by atoms with Crippen molar-refractivity contribution in [1.82, 2.24) is 0 Å². The molecule has 13 heavy (non-hydrogen) atoms. The summed E-state index contributed by atoms with van der Waals surface area (Å²) in [6.07, 6.45) is 7.68. The predicted molar refractivity (Wildman–Crippen MR) is 53.3 cm³/mol. The molecule has 0 aromatic rings. The molecule has 0 unspecified atom stereocenters. The summed E-state index contributed by atoms with van der Waals surface area (Å²) in [5, 5.41) is 0. The Balaban J connectivity index is 2.19. The van der Waals surface area contributed by atoms with Gasteiger partial charge in [0, 0.05) is 12.3 Å². The van der Waals surface area contributed by atoms with Crippen molar-refractivity contribution in [2.24, 2.45) is 23.7 Å². The lowest BCUT2D eigenvalue weighted by Gasteiger charge is -2.38. The number of carbonyl (C=O) groups excluding carboxylic acids is 1. The third-order valence-corrected chi connectivity index (χ3v) is 3.58. The molecule has 4 atom stereocenters. The van der Waals surface area contributed by atoms with Crippen molar-refractivity contribution >= 4 is 5.78 Å². The fraction of sp³-hybridized carbons (Fsp3) is 0.750. The van der Waals surface area contributed by atoms with E-state index >= 15 is 0 Å². The lowest BCUT2D eigenvalue weighted by atomic mass is 9.65. The maximum atomic E-state index is 11.8. The van der Waals surface area contributed by atoms with Gasteiger partial charge in [0.25, 0.3) is 0 Å². The van der Waals surface area contributed by atoms with E-state index < -0.39 is 0 Å². The Kier molecular flexibility index (Phi) is 2.27. The monoisotopic (exact) mass is 178 g/mol. The minimum absolute atomic E-state index is 0.348. The van der Waals surface area contributed by atoms with Crippen LogP contribution in [-0.4, -0.2) is 5.78 Å². The molecular formula is C12H18O. The van der Waals surface area contributed by atoms with E-state index in [4.69, 9.17) is 0 Å². The second-order valence-electron chi connectivity index (χ2n) is 4.82. The minimum Gasteiger partial charge on any atom is -0.299 e. The van der Waals surface area contributed by atoms with E-state index in [-0.39, 0.29) is 0 Å². The van der Waals surface area contributed by atoms with Crippen molar-refractivity contribution in [3.8, 4) is 0 Å². The fourth-order valence-electron chi connectivity index (χ4n) is 3.04. The minimum atomic E-state index is 0.348. The predicted octanol–water partition coefficient (Wildman–Crippen LogP) is 2.81. The zero-order valence-corrected chi connectivity index (χ0v) is 8.49. The van der Waals surface area contributed by atoms with Crippen LogP contribution in [0.2, 0.25) is 0 Å². The second-order valence-corrected chi connectivity index (χ2v) is 4.82. The van der Waals surface area contributed by atoms with E-state index in [2.05, 4.69) is 26.0 Å². The number of rotatable bonds is 0. The number of fused-ring (bicyclic) bond motifs is 1.